The maximum Gasteiger partial charge on any atom is 0.321 e. The summed E-state index contributed by atoms with van der Waals surface area (Å²) in [6.45, 7) is 0. The Labute approximate surface area is 97.5 Å². The van der Waals surface area contributed by atoms with Crippen molar-refractivity contribution in [1.29, 1.82) is 0 Å². The van der Waals surface area contributed by atoms with Crippen molar-refractivity contribution in [2.45, 2.75) is 43.1 Å². The fraction of sp³-hybridized carbons (Fsp3) is 0.636. The second-order valence-electron chi connectivity index (χ2n) is 4.82. The molecule has 0 amide bonds. The van der Waals surface area contributed by atoms with Gasteiger partial charge in [-0.2, -0.15) is 0 Å². The van der Waals surface area contributed by atoms with Gasteiger partial charge in [0.05, 0.1) is 10.7 Å². The van der Waals surface area contributed by atoms with Crippen molar-refractivity contribution in [3.05, 3.63) is 16.1 Å². The largest absolute Gasteiger partial charge is 0.480 e. The van der Waals surface area contributed by atoms with Crippen molar-refractivity contribution in [3.8, 4) is 0 Å². The fourth-order valence-corrected chi connectivity index (χ4v) is 3.23. The van der Waals surface area contributed by atoms with Crippen LogP contribution < -0.4 is 5.73 Å². The fourth-order valence-electron chi connectivity index (χ4n) is 2.13. The van der Waals surface area contributed by atoms with Gasteiger partial charge in [-0.25, -0.2) is 4.98 Å². The van der Waals surface area contributed by atoms with E-state index in [-0.39, 0.29) is 5.41 Å². The normalized spacial score (nSPS) is 24.1. The zero-order chi connectivity index (χ0) is 11.3. The predicted molar refractivity (Wildman–Crippen MR) is 60.6 cm³/mol. The molecule has 0 spiro atoms. The van der Waals surface area contributed by atoms with Gasteiger partial charge in [0.15, 0.2) is 0 Å². The first-order chi connectivity index (χ1) is 7.63. The van der Waals surface area contributed by atoms with Gasteiger partial charge in [-0.05, 0) is 25.7 Å². The average molecular weight is 238 g/mol. The Morgan fingerprint density at radius 2 is 2.31 bits per heavy atom. The van der Waals surface area contributed by atoms with Crippen molar-refractivity contribution in [2.75, 3.05) is 0 Å². The molecule has 0 aromatic carbocycles. The molecule has 1 unspecified atom stereocenters. The molecule has 0 radical (unpaired) electrons. The summed E-state index contributed by atoms with van der Waals surface area (Å²) in [6.07, 6.45) is 4.17. The lowest BCUT2D eigenvalue weighted by molar-refractivity contribution is -0.139. The first-order valence-corrected chi connectivity index (χ1v) is 6.46. The Kier molecular flexibility index (Phi) is 2.09. The van der Waals surface area contributed by atoms with E-state index in [1.807, 2.05) is 5.38 Å². The highest BCUT2D eigenvalue weighted by atomic mass is 32.1. The number of carboxylic acid groups (broad SMARTS) is 1. The molecule has 16 heavy (non-hydrogen) atoms. The quantitative estimate of drug-likeness (QED) is 0.832. The minimum Gasteiger partial charge on any atom is -0.480 e. The zero-order valence-electron chi connectivity index (χ0n) is 8.85. The lowest BCUT2D eigenvalue weighted by Gasteiger charge is -2.16. The minimum atomic E-state index is -0.918. The van der Waals surface area contributed by atoms with Gasteiger partial charge in [-0.15, -0.1) is 11.3 Å². The molecule has 0 aliphatic heterocycles. The number of nitrogens with zero attached hydrogens (tertiary/aromatic N) is 1. The monoisotopic (exact) mass is 238 g/mol. The van der Waals surface area contributed by atoms with Gasteiger partial charge in [0.2, 0.25) is 0 Å². The molecule has 1 aromatic rings. The van der Waals surface area contributed by atoms with Crippen LogP contribution in [0.25, 0.3) is 0 Å². The van der Waals surface area contributed by atoms with Crippen LogP contribution in [0, 0.1) is 0 Å². The maximum atomic E-state index is 11.0. The zero-order valence-corrected chi connectivity index (χ0v) is 9.67. The molecule has 3 N–H and O–H groups in total. The highest BCUT2D eigenvalue weighted by molar-refractivity contribution is 7.09. The maximum absolute atomic E-state index is 11.0. The molecule has 5 heteroatoms. The Balaban J connectivity index is 1.87. The lowest BCUT2D eigenvalue weighted by Crippen LogP contribution is -2.42. The van der Waals surface area contributed by atoms with E-state index in [4.69, 9.17) is 10.8 Å². The van der Waals surface area contributed by atoms with Crippen molar-refractivity contribution in [2.24, 2.45) is 5.73 Å². The standard InChI is InChI=1S/C11H14N2O2S/c12-8(10(14)15)11(3-4-11)7-5-16-9(13-7)6-1-2-6/h5-6,8H,1-4,12H2,(H,14,15). The first kappa shape index (κ1) is 10.2. The highest BCUT2D eigenvalue weighted by Crippen LogP contribution is 2.52. The summed E-state index contributed by atoms with van der Waals surface area (Å²) in [5.74, 6) is -0.283. The summed E-state index contributed by atoms with van der Waals surface area (Å²) in [4.78, 5) is 15.5. The van der Waals surface area contributed by atoms with Crippen LogP contribution in [-0.2, 0) is 10.2 Å². The number of aromatic nitrogens is 1. The molecule has 2 aliphatic carbocycles. The third-order valence-electron chi connectivity index (χ3n) is 3.61. The molecular weight excluding hydrogens is 224 g/mol. The van der Waals surface area contributed by atoms with Crippen LogP contribution in [0.15, 0.2) is 5.38 Å². The highest BCUT2D eigenvalue weighted by Gasteiger charge is 2.54. The molecule has 0 bridgehead atoms. The van der Waals surface area contributed by atoms with Crippen LogP contribution in [0.2, 0.25) is 0 Å². The smallest absolute Gasteiger partial charge is 0.321 e. The molecule has 3 rings (SSSR count). The number of nitrogens with two attached hydrogens (primary N) is 1. The molecule has 86 valence electrons. The van der Waals surface area contributed by atoms with E-state index in [2.05, 4.69) is 4.98 Å². The number of hydrogen-bond acceptors (Lipinski definition) is 4. The van der Waals surface area contributed by atoms with E-state index >= 15 is 0 Å². The molecule has 2 saturated carbocycles. The van der Waals surface area contributed by atoms with Gasteiger partial charge in [-0.1, -0.05) is 0 Å². The molecule has 2 fully saturated rings. The number of thiazole rings is 1. The Morgan fingerprint density at radius 1 is 1.62 bits per heavy atom. The lowest BCUT2D eigenvalue weighted by atomic mass is 9.94. The predicted octanol–water partition coefficient (Wildman–Crippen LogP) is 1.46. The Bertz CT molecular complexity index is 435. The summed E-state index contributed by atoms with van der Waals surface area (Å²) in [5, 5.41) is 12.2. The van der Waals surface area contributed by atoms with E-state index in [0.717, 1.165) is 18.5 Å². The number of hydrogen-bond donors (Lipinski definition) is 2. The topological polar surface area (TPSA) is 76.2 Å². The van der Waals surface area contributed by atoms with E-state index < -0.39 is 12.0 Å². The van der Waals surface area contributed by atoms with Gasteiger partial charge >= 0.3 is 5.97 Å². The van der Waals surface area contributed by atoms with Crippen molar-refractivity contribution >= 4 is 17.3 Å². The third-order valence-corrected chi connectivity index (χ3v) is 4.62. The SMILES string of the molecule is NC(C(=O)O)C1(c2csc(C3CC3)n2)CC1. The van der Waals surface area contributed by atoms with Gasteiger partial charge in [-0.3, -0.25) is 4.79 Å². The molecule has 1 heterocycles. The molecule has 1 atom stereocenters. The van der Waals surface area contributed by atoms with E-state index in [9.17, 15) is 4.79 Å². The van der Waals surface area contributed by atoms with Gasteiger partial charge in [0, 0.05) is 16.7 Å². The minimum absolute atomic E-state index is 0.366. The van der Waals surface area contributed by atoms with Crippen LogP contribution in [0.1, 0.15) is 42.3 Å². The average Bonchev–Trinajstić information content (AvgIpc) is 3.18. The molecular formula is C11H14N2O2S. The third kappa shape index (κ3) is 1.46. The van der Waals surface area contributed by atoms with Crippen LogP contribution in [0.4, 0.5) is 0 Å². The Hall–Kier alpha value is -0.940. The number of carboxylic acids is 1. The van der Waals surface area contributed by atoms with E-state index in [0.29, 0.717) is 5.92 Å². The van der Waals surface area contributed by atoms with E-state index in [1.54, 1.807) is 11.3 Å². The van der Waals surface area contributed by atoms with Crippen molar-refractivity contribution in [1.82, 2.24) is 4.98 Å². The second-order valence-corrected chi connectivity index (χ2v) is 5.71. The van der Waals surface area contributed by atoms with Crippen LogP contribution >= 0.6 is 11.3 Å². The summed E-state index contributed by atoms with van der Waals surface area (Å²) in [7, 11) is 0. The number of aliphatic carboxylic acids is 1. The summed E-state index contributed by atoms with van der Waals surface area (Å²) >= 11 is 1.66. The van der Waals surface area contributed by atoms with Gasteiger partial charge in [0.1, 0.15) is 6.04 Å². The van der Waals surface area contributed by atoms with Crippen molar-refractivity contribution in [3.63, 3.8) is 0 Å². The Morgan fingerprint density at radius 3 is 2.81 bits per heavy atom. The molecule has 0 saturated heterocycles. The van der Waals surface area contributed by atoms with Crippen molar-refractivity contribution < 1.29 is 9.90 Å². The van der Waals surface area contributed by atoms with Crippen LogP contribution in [0.3, 0.4) is 0 Å². The summed E-state index contributed by atoms with van der Waals surface area (Å²) < 4.78 is 0. The molecule has 1 aromatic heterocycles. The van der Waals surface area contributed by atoms with Gasteiger partial charge in [0.25, 0.3) is 0 Å². The van der Waals surface area contributed by atoms with Crippen LogP contribution in [-0.4, -0.2) is 22.1 Å². The first-order valence-electron chi connectivity index (χ1n) is 5.58. The van der Waals surface area contributed by atoms with E-state index in [1.165, 1.54) is 17.8 Å². The number of carbonyl (C=O) groups is 1. The number of rotatable bonds is 4. The summed E-state index contributed by atoms with van der Waals surface area (Å²) in [6, 6.07) is -0.804. The summed E-state index contributed by atoms with van der Waals surface area (Å²) in [5.41, 5.74) is 6.30. The molecule has 2 aliphatic rings. The second kappa shape index (κ2) is 3.28. The van der Waals surface area contributed by atoms with Crippen LogP contribution in [0.5, 0.6) is 0 Å². The molecule has 4 nitrogen and oxygen atoms in total. The van der Waals surface area contributed by atoms with Gasteiger partial charge < -0.3 is 10.8 Å².